The number of hydrazone groups is 1. The fourth-order valence-corrected chi connectivity index (χ4v) is 4.39. The summed E-state index contributed by atoms with van der Waals surface area (Å²) >= 11 is 0. The van der Waals surface area contributed by atoms with Crippen LogP contribution in [0, 0.1) is 5.92 Å². The first-order valence-electron chi connectivity index (χ1n) is 7.68. The second kappa shape index (κ2) is 8.11. The van der Waals surface area contributed by atoms with E-state index in [0.717, 1.165) is 0 Å². The third-order valence-corrected chi connectivity index (χ3v) is 5.48. The number of benzene rings is 1. The molecule has 0 bridgehead atoms. The van der Waals surface area contributed by atoms with Gasteiger partial charge in [-0.05, 0) is 36.1 Å². The Morgan fingerprint density at radius 3 is 2.72 bits per heavy atom. The topological polar surface area (TPSA) is 111 Å². The number of methoxy groups -OCH3 is 1. The molecule has 25 heavy (non-hydrogen) atoms. The monoisotopic (exact) mass is 368 g/mol. The van der Waals surface area contributed by atoms with Gasteiger partial charge in [-0.2, -0.15) is 5.10 Å². The number of nitrogens with zero attached hydrogens (tertiary/aromatic N) is 1. The van der Waals surface area contributed by atoms with E-state index in [2.05, 4.69) is 10.5 Å². The van der Waals surface area contributed by atoms with Crippen LogP contribution in [0.4, 0.5) is 0 Å². The highest BCUT2D eigenvalue weighted by Gasteiger charge is 2.29. The van der Waals surface area contributed by atoms with Gasteiger partial charge in [-0.1, -0.05) is 0 Å². The molecule has 0 aliphatic carbocycles. The number of ether oxygens (including phenoxy) is 2. The summed E-state index contributed by atoms with van der Waals surface area (Å²) in [6.45, 7) is 1.29. The first-order valence-corrected chi connectivity index (χ1v) is 9.50. The van der Waals surface area contributed by atoms with Crippen molar-refractivity contribution < 1.29 is 27.5 Å². The van der Waals surface area contributed by atoms with Crippen molar-refractivity contribution in [3.05, 3.63) is 23.8 Å². The van der Waals surface area contributed by atoms with Gasteiger partial charge in [0.2, 0.25) is 5.91 Å². The summed E-state index contributed by atoms with van der Waals surface area (Å²) in [5, 5.41) is 3.85. The number of hydrogen-bond donors (Lipinski definition) is 1. The second-order valence-corrected chi connectivity index (χ2v) is 8.00. The average Bonchev–Trinajstić information content (AvgIpc) is 2.86. The van der Waals surface area contributed by atoms with E-state index in [4.69, 9.17) is 9.47 Å². The highest BCUT2D eigenvalue weighted by molar-refractivity contribution is 7.91. The molecule has 0 unspecified atom stereocenters. The standard InChI is InChI=1S/C16H20N2O6S/c1-11(19)24-14-4-3-12(7-15(14)23-2)9-17-18-16(20)8-13-5-6-25(21,22)10-13/h3-4,7,9,13H,5-6,8,10H2,1-2H3,(H,18,20)/b17-9-/t13-/m0/s1. The highest BCUT2D eigenvalue weighted by atomic mass is 32.2. The fraction of sp³-hybridized carbons (Fsp3) is 0.438. The average molecular weight is 368 g/mol. The Bertz CT molecular complexity index is 788. The lowest BCUT2D eigenvalue weighted by molar-refractivity contribution is -0.132. The number of hydrogen-bond acceptors (Lipinski definition) is 7. The molecule has 0 spiro atoms. The molecule has 1 aliphatic rings. The molecule has 1 N–H and O–H groups in total. The van der Waals surface area contributed by atoms with Crippen LogP contribution in [0.3, 0.4) is 0 Å². The smallest absolute Gasteiger partial charge is 0.308 e. The molecule has 1 heterocycles. The molecular formula is C16H20N2O6S. The van der Waals surface area contributed by atoms with Crippen molar-refractivity contribution in [2.45, 2.75) is 19.8 Å². The van der Waals surface area contributed by atoms with Crippen LogP contribution in [0.1, 0.15) is 25.3 Å². The van der Waals surface area contributed by atoms with E-state index < -0.39 is 15.8 Å². The number of esters is 1. The summed E-state index contributed by atoms with van der Waals surface area (Å²) in [7, 11) is -1.55. The number of amides is 1. The third-order valence-electron chi connectivity index (χ3n) is 3.65. The maximum atomic E-state index is 11.8. The molecule has 0 saturated carbocycles. The van der Waals surface area contributed by atoms with Crippen molar-refractivity contribution in [3.8, 4) is 11.5 Å². The highest BCUT2D eigenvalue weighted by Crippen LogP contribution is 2.27. The molecule has 136 valence electrons. The maximum Gasteiger partial charge on any atom is 0.308 e. The number of carbonyl (C=O) groups excluding carboxylic acids is 2. The van der Waals surface area contributed by atoms with Crippen molar-refractivity contribution in [3.63, 3.8) is 0 Å². The zero-order valence-electron chi connectivity index (χ0n) is 14.0. The summed E-state index contributed by atoms with van der Waals surface area (Å²) in [5.41, 5.74) is 3.01. The molecule has 1 fully saturated rings. The van der Waals surface area contributed by atoms with Crippen molar-refractivity contribution in [1.29, 1.82) is 0 Å². The lowest BCUT2D eigenvalue weighted by Gasteiger charge is -2.08. The van der Waals surface area contributed by atoms with E-state index in [0.29, 0.717) is 23.5 Å². The number of carbonyl (C=O) groups is 2. The van der Waals surface area contributed by atoms with Crippen LogP contribution in [0.2, 0.25) is 0 Å². The van der Waals surface area contributed by atoms with E-state index in [1.54, 1.807) is 18.2 Å². The van der Waals surface area contributed by atoms with Crippen LogP contribution < -0.4 is 14.9 Å². The first kappa shape index (κ1) is 18.9. The van der Waals surface area contributed by atoms with Crippen LogP contribution in [0.5, 0.6) is 11.5 Å². The predicted molar refractivity (Wildman–Crippen MR) is 91.4 cm³/mol. The zero-order chi connectivity index (χ0) is 18.4. The van der Waals surface area contributed by atoms with Gasteiger partial charge in [0.1, 0.15) is 0 Å². The van der Waals surface area contributed by atoms with E-state index in [1.807, 2.05) is 0 Å². The summed E-state index contributed by atoms with van der Waals surface area (Å²) in [5.74, 6) is -0.0897. The molecule has 1 aromatic carbocycles. The Labute approximate surface area is 146 Å². The lowest BCUT2D eigenvalue weighted by Crippen LogP contribution is -2.21. The maximum absolute atomic E-state index is 11.8. The van der Waals surface area contributed by atoms with Gasteiger partial charge in [-0.25, -0.2) is 13.8 Å². The van der Waals surface area contributed by atoms with E-state index in [1.165, 1.54) is 20.2 Å². The minimum absolute atomic E-state index is 0.0545. The van der Waals surface area contributed by atoms with Gasteiger partial charge in [0.25, 0.3) is 0 Å². The van der Waals surface area contributed by atoms with E-state index >= 15 is 0 Å². The summed E-state index contributed by atoms with van der Waals surface area (Å²) in [6, 6.07) is 4.82. The fourth-order valence-electron chi connectivity index (χ4n) is 2.52. The van der Waals surface area contributed by atoms with Gasteiger partial charge >= 0.3 is 5.97 Å². The largest absolute Gasteiger partial charge is 0.493 e. The molecule has 9 heteroatoms. The normalized spacial score (nSPS) is 18.9. The molecule has 1 amide bonds. The van der Waals surface area contributed by atoms with Crippen molar-refractivity contribution >= 4 is 27.9 Å². The Morgan fingerprint density at radius 1 is 1.36 bits per heavy atom. The van der Waals surface area contributed by atoms with Gasteiger partial charge in [-0.15, -0.1) is 0 Å². The van der Waals surface area contributed by atoms with Crippen molar-refractivity contribution in [2.24, 2.45) is 11.0 Å². The van der Waals surface area contributed by atoms with Crippen LogP contribution in [0.15, 0.2) is 23.3 Å². The Balaban J connectivity index is 1.91. The minimum atomic E-state index is -2.99. The van der Waals surface area contributed by atoms with Crippen LogP contribution >= 0.6 is 0 Å². The minimum Gasteiger partial charge on any atom is -0.493 e. The summed E-state index contributed by atoms with van der Waals surface area (Å²) < 4.78 is 32.9. The molecule has 1 aliphatic heterocycles. The summed E-state index contributed by atoms with van der Waals surface area (Å²) in [6.07, 6.45) is 2.06. The molecular weight excluding hydrogens is 348 g/mol. The Morgan fingerprint density at radius 2 is 2.12 bits per heavy atom. The molecule has 1 aromatic rings. The SMILES string of the molecule is COc1cc(/C=N\NC(=O)C[C@@H]2CCS(=O)(=O)C2)ccc1OC(C)=O. The Kier molecular flexibility index (Phi) is 6.13. The van der Waals surface area contributed by atoms with Crippen molar-refractivity contribution in [2.75, 3.05) is 18.6 Å². The van der Waals surface area contributed by atoms with Gasteiger partial charge in [0.15, 0.2) is 21.3 Å². The predicted octanol–water partition coefficient (Wildman–Crippen LogP) is 0.895. The van der Waals surface area contributed by atoms with E-state index in [-0.39, 0.29) is 29.8 Å². The number of nitrogens with one attached hydrogen (secondary N) is 1. The van der Waals surface area contributed by atoms with Crippen LogP contribution in [0.25, 0.3) is 0 Å². The zero-order valence-corrected chi connectivity index (χ0v) is 14.8. The van der Waals surface area contributed by atoms with Gasteiger partial charge in [-0.3, -0.25) is 9.59 Å². The molecule has 0 aromatic heterocycles. The third kappa shape index (κ3) is 5.86. The van der Waals surface area contributed by atoms with E-state index in [9.17, 15) is 18.0 Å². The number of sulfone groups is 1. The van der Waals surface area contributed by atoms with Gasteiger partial charge < -0.3 is 9.47 Å². The molecule has 1 saturated heterocycles. The van der Waals surface area contributed by atoms with Crippen LogP contribution in [-0.2, 0) is 19.4 Å². The summed E-state index contributed by atoms with van der Waals surface area (Å²) in [4.78, 5) is 22.8. The lowest BCUT2D eigenvalue weighted by atomic mass is 10.1. The first-order chi connectivity index (χ1) is 11.8. The molecule has 2 rings (SSSR count). The quantitative estimate of drug-likeness (QED) is 0.346. The molecule has 8 nitrogen and oxygen atoms in total. The van der Waals surface area contributed by atoms with Gasteiger partial charge in [0.05, 0.1) is 24.8 Å². The number of rotatable bonds is 6. The molecule has 0 radical (unpaired) electrons. The van der Waals surface area contributed by atoms with Crippen LogP contribution in [-0.4, -0.2) is 45.1 Å². The Hall–Kier alpha value is -2.42. The molecule has 1 atom stereocenters. The van der Waals surface area contributed by atoms with Crippen molar-refractivity contribution in [1.82, 2.24) is 5.43 Å². The second-order valence-electron chi connectivity index (χ2n) is 5.77. The van der Waals surface area contributed by atoms with Gasteiger partial charge in [0, 0.05) is 13.3 Å².